The lowest BCUT2D eigenvalue weighted by Crippen LogP contribution is -2.11. The lowest BCUT2D eigenvalue weighted by molar-refractivity contribution is 0.609. The van der Waals surface area contributed by atoms with Gasteiger partial charge in [-0.1, -0.05) is 18.5 Å². The maximum atomic E-state index is 5.69. The fourth-order valence-corrected chi connectivity index (χ4v) is 1.75. The molecule has 1 fully saturated rings. The molecule has 1 aromatic heterocycles. The molecule has 1 saturated carbocycles. The van der Waals surface area contributed by atoms with Crippen molar-refractivity contribution in [3.8, 4) is 0 Å². The molecule has 0 saturated heterocycles. The normalized spacial score (nSPS) is 19.2. The Morgan fingerprint density at radius 2 is 2.50 bits per heavy atom. The first-order valence-corrected chi connectivity index (χ1v) is 5.29. The maximum Gasteiger partial charge on any atom is 0.185 e. The van der Waals surface area contributed by atoms with Crippen molar-refractivity contribution in [1.82, 2.24) is 4.98 Å². The van der Waals surface area contributed by atoms with Crippen molar-refractivity contribution in [3.63, 3.8) is 0 Å². The predicted molar refractivity (Wildman–Crippen MR) is 53.0 cm³/mol. The lowest BCUT2D eigenvalue weighted by Gasteiger charge is -2.07. The first-order chi connectivity index (χ1) is 5.68. The van der Waals surface area contributed by atoms with Crippen molar-refractivity contribution in [3.05, 3.63) is 9.85 Å². The maximum absolute atomic E-state index is 5.69. The SMILES string of the molecule is CC1(CNc2csc(Cl)n2)CC1. The molecule has 0 aromatic carbocycles. The van der Waals surface area contributed by atoms with Crippen molar-refractivity contribution in [2.75, 3.05) is 11.9 Å². The summed E-state index contributed by atoms with van der Waals surface area (Å²) in [6.07, 6.45) is 2.66. The topological polar surface area (TPSA) is 24.9 Å². The average Bonchev–Trinajstić information content (AvgIpc) is 2.60. The van der Waals surface area contributed by atoms with Gasteiger partial charge in [0.15, 0.2) is 4.47 Å². The highest BCUT2D eigenvalue weighted by Crippen LogP contribution is 2.44. The van der Waals surface area contributed by atoms with Gasteiger partial charge in [-0.05, 0) is 18.3 Å². The quantitative estimate of drug-likeness (QED) is 0.815. The number of thiazole rings is 1. The highest BCUT2D eigenvalue weighted by molar-refractivity contribution is 7.14. The molecule has 0 aliphatic heterocycles. The number of halogens is 1. The van der Waals surface area contributed by atoms with Crippen LogP contribution in [0, 0.1) is 5.41 Å². The minimum Gasteiger partial charge on any atom is -0.369 e. The van der Waals surface area contributed by atoms with Crippen LogP contribution >= 0.6 is 22.9 Å². The first-order valence-electron chi connectivity index (χ1n) is 4.03. The van der Waals surface area contributed by atoms with Crippen molar-refractivity contribution < 1.29 is 0 Å². The number of hydrogen-bond acceptors (Lipinski definition) is 3. The molecule has 66 valence electrons. The molecule has 1 aromatic rings. The molecule has 0 atom stereocenters. The van der Waals surface area contributed by atoms with E-state index in [1.807, 2.05) is 5.38 Å². The number of nitrogens with one attached hydrogen (secondary N) is 1. The van der Waals surface area contributed by atoms with Gasteiger partial charge in [0, 0.05) is 11.9 Å². The van der Waals surface area contributed by atoms with Crippen molar-refractivity contribution >= 4 is 28.8 Å². The van der Waals surface area contributed by atoms with Gasteiger partial charge in [0.25, 0.3) is 0 Å². The second kappa shape index (κ2) is 2.89. The largest absolute Gasteiger partial charge is 0.369 e. The van der Waals surface area contributed by atoms with E-state index in [0.29, 0.717) is 9.88 Å². The van der Waals surface area contributed by atoms with Crippen LogP contribution in [0.1, 0.15) is 19.8 Å². The summed E-state index contributed by atoms with van der Waals surface area (Å²) in [5, 5.41) is 5.24. The van der Waals surface area contributed by atoms with Gasteiger partial charge < -0.3 is 5.32 Å². The second-order valence-electron chi connectivity index (χ2n) is 3.65. The average molecular weight is 203 g/mol. The molecule has 4 heteroatoms. The zero-order valence-electron chi connectivity index (χ0n) is 6.93. The zero-order valence-corrected chi connectivity index (χ0v) is 8.50. The van der Waals surface area contributed by atoms with Crippen LogP contribution < -0.4 is 5.32 Å². The highest BCUT2D eigenvalue weighted by atomic mass is 35.5. The Kier molecular flexibility index (Phi) is 2.00. The molecule has 0 radical (unpaired) electrons. The third-order valence-electron chi connectivity index (χ3n) is 2.28. The Hall–Kier alpha value is -0.280. The van der Waals surface area contributed by atoms with E-state index in [-0.39, 0.29) is 0 Å². The van der Waals surface area contributed by atoms with Crippen LogP contribution in [0.4, 0.5) is 5.82 Å². The van der Waals surface area contributed by atoms with Gasteiger partial charge in [-0.3, -0.25) is 0 Å². The summed E-state index contributed by atoms with van der Waals surface area (Å²) < 4.78 is 0.610. The van der Waals surface area contributed by atoms with Gasteiger partial charge >= 0.3 is 0 Å². The standard InChI is InChI=1S/C8H11ClN2S/c1-8(2-3-8)5-10-6-4-12-7(9)11-6/h4,10H,2-3,5H2,1H3. The Balaban J connectivity index is 1.87. The van der Waals surface area contributed by atoms with E-state index in [0.717, 1.165) is 12.4 Å². The minimum atomic E-state index is 0.524. The van der Waals surface area contributed by atoms with Crippen molar-refractivity contribution in [1.29, 1.82) is 0 Å². The fourth-order valence-electron chi connectivity index (χ4n) is 1.03. The van der Waals surface area contributed by atoms with Gasteiger partial charge in [-0.2, -0.15) is 0 Å². The lowest BCUT2D eigenvalue weighted by atomic mass is 10.1. The van der Waals surface area contributed by atoms with E-state index in [2.05, 4.69) is 17.2 Å². The fraction of sp³-hybridized carbons (Fsp3) is 0.625. The van der Waals surface area contributed by atoms with Gasteiger partial charge in [-0.15, -0.1) is 11.3 Å². The van der Waals surface area contributed by atoms with Gasteiger partial charge in [0.2, 0.25) is 0 Å². The Morgan fingerprint density at radius 1 is 1.75 bits per heavy atom. The molecule has 0 unspecified atom stereocenters. The molecule has 1 aliphatic carbocycles. The summed E-state index contributed by atoms with van der Waals surface area (Å²) in [5.41, 5.74) is 0.524. The third kappa shape index (κ3) is 1.90. The minimum absolute atomic E-state index is 0.524. The second-order valence-corrected chi connectivity index (χ2v) is 5.09. The molecule has 12 heavy (non-hydrogen) atoms. The molecule has 0 bridgehead atoms. The van der Waals surface area contributed by atoms with Gasteiger partial charge in [0.05, 0.1) is 0 Å². The molecule has 2 nitrogen and oxygen atoms in total. The molecular weight excluding hydrogens is 192 g/mol. The summed E-state index contributed by atoms with van der Waals surface area (Å²) in [6.45, 7) is 3.31. The summed E-state index contributed by atoms with van der Waals surface area (Å²) in [4.78, 5) is 4.11. The van der Waals surface area contributed by atoms with E-state index in [1.165, 1.54) is 24.2 Å². The number of hydrogen-bond donors (Lipinski definition) is 1. The predicted octanol–water partition coefficient (Wildman–Crippen LogP) is 3.01. The van der Waals surface area contributed by atoms with Crippen LogP contribution in [0.25, 0.3) is 0 Å². The van der Waals surface area contributed by atoms with Crippen LogP contribution in [0.15, 0.2) is 5.38 Å². The first kappa shape index (κ1) is 8.32. The summed E-state index contributed by atoms with van der Waals surface area (Å²) in [5.74, 6) is 0.915. The van der Waals surface area contributed by atoms with E-state index in [9.17, 15) is 0 Å². The Labute approximate surface area is 81.0 Å². The molecule has 1 heterocycles. The summed E-state index contributed by atoms with van der Waals surface area (Å²) in [7, 11) is 0. The van der Waals surface area contributed by atoms with Crippen LogP contribution in [0.3, 0.4) is 0 Å². The van der Waals surface area contributed by atoms with Crippen LogP contribution in [0.5, 0.6) is 0 Å². The van der Waals surface area contributed by atoms with E-state index in [4.69, 9.17) is 11.6 Å². The molecular formula is C8H11ClN2S. The number of nitrogens with zero attached hydrogens (tertiary/aromatic N) is 1. The van der Waals surface area contributed by atoms with E-state index >= 15 is 0 Å². The summed E-state index contributed by atoms with van der Waals surface area (Å²) >= 11 is 7.16. The smallest absolute Gasteiger partial charge is 0.185 e. The third-order valence-corrected chi connectivity index (χ3v) is 3.25. The highest BCUT2D eigenvalue weighted by Gasteiger charge is 2.36. The summed E-state index contributed by atoms with van der Waals surface area (Å²) in [6, 6.07) is 0. The van der Waals surface area contributed by atoms with E-state index in [1.54, 1.807) is 0 Å². The zero-order chi connectivity index (χ0) is 8.60. The van der Waals surface area contributed by atoms with Crippen LogP contribution in [0.2, 0.25) is 4.47 Å². The van der Waals surface area contributed by atoms with Crippen LogP contribution in [-0.2, 0) is 0 Å². The monoisotopic (exact) mass is 202 g/mol. The van der Waals surface area contributed by atoms with Gasteiger partial charge in [-0.25, -0.2) is 4.98 Å². The van der Waals surface area contributed by atoms with Crippen molar-refractivity contribution in [2.24, 2.45) is 5.41 Å². The number of aromatic nitrogens is 1. The molecule has 2 rings (SSSR count). The van der Waals surface area contributed by atoms with E-state index < -0.39 is 0 Å². The Morgan fingerprint density at radius 3 is 3.00 bits per heavy atom. The Bertz CT molecular complexity index is 280. The van der Waals surface area contributed by atoms with Crippen LogP contribution in [-0.4, -0.2) is 11.5 Å². The molecule has 1 aliphatic rings. The molecule has 0 spiro atoms. The molecule has 0 amide bonds. The number of anilines is 1. The number of rotatable bonds is 3. The molecule has 1 N–H and O–H groups in total. The van der Waals surface area contributed by atoms with Crippen molar-refractivity contribution in [2.45, 2.75) is 19.8 Å². The van der Waals surface area contributed by atoms with Gasteiger partial charge in [0.1, 0.15) is 5.82 Å².